The van der Waals surface area contributed by atoms with E-state index in [1.165, 1.54) is 0 Å². The molecular weight excluding hydrogens is 408 g/mol. The molecule has 0 fully saturated rings. The number of aromatic carboxylic acids is 1. The third kappa shape index (κ3) is 3.31. The smallest absolute Gasteiger partial charge is 0.338 e. The molecule has 0 unspecified atom stereocenters. The average Bonchev–Trinajstić information content (AvgIpc) is 3.39. The van der Waals surface area contributed by atoms with Gasteiger partial charge in [0.05, 0.1) is 23.0 Å². The molecule has 0 spiro atoms. The lowest BCUT2D eigenvalue weighted by molar-refractivity contribution is 0.0694. The maximum absolute atomic E-state index is 12.9. The molecule has 2 N–H and O–H groups in total. The van der Waals surface area contributed by atoms with Crippen molar-refractivity contribution in [2.45, 2.75) is 38.8 Å². The van der Waals surface area contributed by atoms with Crippen molar-refractivity contribution in [1.29, 1.82) is 0 Å². The number of nitrogens with zero attached hydrogens (tertiary/aromatic N) is 5. The number of carbonyl (C=O) groups is 2. The molecule has 1 aliphatic heterocycles. The minimum Gasteiger partial charge on any atom is -0.478 e. The van der Waals surface area contributed by atoms with Crippen LogP contribution in [0.1, 0.15) is 45.4 Å². The molecule has 0 radical (unpaired) electrons. The van der Waals surface area contributed by atoms with E-state index in [1.54, 1.807) is 35.6 Å². The third-order valence-electron chi connectivity index (χ3n) is 6.07. The largest absolute Gasteiger partial charge is 0.478 e. The van der Waals surface area contributed by atoms with Crippen molar-refractivity contribution in [3.05, 3.63) is 71.7 Å². The summed E-state index contributed by atoms with van der Waals surface area (Å²) in [5, 5.41) is 21.2. The zero-order chi connectivity index (χ0) is 22.5. The van der Waals surface area contributed by atoms with Crippen molar-refractivity contribution in [3.63, 3.8) is 0 Å². The first-order valence-electron chi connectivity index (χ1n) is 10.3. The summed E-state index contributed by atoms with van der Waals surface area (Å²) >= 11 is 0. The van der Waals surface area contributed by atoms with Gasteiger partial charge in [0.15, 0.2) is 0 Å². The minimum atomic E-state index is -0.917. The Morgan fingerprint density at radius 1 is 1.16 bits per heavy atom. The van der Waals surface area contributed by atoms with Crippen LogP contribution in [0.4, 0.5) is 0 Å². The Hall–Kier alpha value is -4.01. The van der Waals surface area contributed by atoms with Gasteiger partial charge in [0.2, 0.25) is 0 Å². The standard InChI is InChI=1S/C23H22N6O3/c1-14-3-6-18-16(9-14)20(22(31)32)19-7-8-23(2,11-29(18)19)27-21(30)17-5-4-15(10-24-17)28-12-25-26-13-28/h3-6,9-10,12-13H,7-8,11H2,1-2H3,(H,27,30)(H,31,32)/t23-/m1/s1. The van der Waals surface area contributed by atoms with Crippen molar-refractivity contribution in [2.24, 2.45) is 0 Å². The Labute approximate surface area is 183 Å². The fourth-order valence-corrected chi connectivity index (χ4v) is 4.47. The first-order chi connectivity index (χ1) is 15.3. The van der Waals surface area contributed by atoms with Crippen molar-refractivity contribution < 1.29 is 14.7 Å². The molecule has 9 heteroatoms. The molecule has 0 bridgehead atoms. The number of fused-ring (bicyclic) bond motifs is 3. The summed E-state index contributed by atoms with van der Waals surface area (Å²) in [6.45, 7) is 4.42. The molecule has 1 amide bonds. The maximum atomic E-state index is 12.9. The van der Waals surface area contributed by atoms with Crippen LogP contribution in [0.3, 0.4) is 0 Å². The molecule has 4 aromatic rings. The van der Waals surface area contributed by atoms with Gasteiger partial charge in [-0.25, -0.2) is 9.78 Å². The summed E-state index contributed by atoms with van der Waals surface area (Å²) < 4.78 is 3.74. The van der Waals surface area contributed by atoms with Gasteiger partial charge in [0, 0.05) is 23.1 Å². The lowest BCUT2D eigenvalue weighted by Crippen LogP contribution is -2.51. The first kappa shape index (κ1) is 19.9. The summed E-state index contributed by atoms with van der Waals surface area (Å²) in [6.07, 6.45) is 5.91. The number of nitrogens with one attached hydrogen (secondary N) is 1. The number of benzene rings is 1. The van der Waals surface area contributed by atoms with E-state index in [-0.39, 0.29) is 5.91 Å². The van der Waals surface area contributed by atoms with Crippen LogP contribution in [0.2, 0.25) is 0 Å². The Kier molecular flexibility index (Phi) is 4.54. The zero-order valence-corrected chi connectivity index (χ0v) is 17.7. The number of hydrogen-bond donors (Lipinski definition) is 2. The van der Waals surface area contributed by atoms with Gasteiger partial charge in [0.25, 0.3) is 5.91 Å². The molecule has 162 valence electrons. The second kappa shape index (κ2) is 7.30. The monoisotopic (exact) mass is 430 g/mol. The fraction of sp³-hybridized carbons (Fsp3) is 0.261. The van der Waals surface area contributed by atoms with Crippen LogP contribution in [0.15, 0.2) is 49.2 Å². The predicted molar refractivity (Wildman–Crippen MR) is 117 cm³/mol. The van der Waals surface area contributed by atoms with Crippen LogP contribution >= 0.6 is 0 Å². The van der Waals surface area contributed by atoms with Gasteiger partial charge in [-0.05, 0) is 51.0 Å². The van der Waals surface area contributed by atoms with E-state index in [4.69, 9.17) is 0 Å². The van der Waals surface area contributed by atoms with Gasteiger partial charge in [-0.15, -0.1) is 10.2 Å². The van der Waals surface area contributed by atoms with Gasteiger partial charge in [0.1, 0.15) is 18.3 Å². The molecule has 1 aliphatic rings. The van der Waals surface area contributed by atoms with E-state index >= 15 is 0 Å². The number of carboxylic acid groups (broad SMARTS) is 1. The number of hydrogen-bond acceptors (Lipinski definition) is 5. The van der Waals surface area contributed by atoms with Gasteiger partial charge in [-0.3, -0.25) is 9.36 Å². The SMILES string of the molecule is Cc1ccc2c(c1)c(C(=O)O)c1n2C[C@](C)(NC(=O)c2ccc(-n3cnnc3)cn2)CC1. The van der Waals surface area contributed by atoms with Crippen LogP contribution < -0.4 is 5.32 Å². The fourth-order valence-electron chi connectivity index (χ4n) is 4.47. The van der Waals surface area contributed by atoms with Crippen LogP contribution in [0, 0.1) is 6.92 Å². The number of carbonyl (C=O) groups excluding carboxylic acids is 1. The highest BCUT2D eigenvalue weighted by molar-refractivity contribution is 6.05. The summed E-state index contributed by atoms with van der Waals surface area (Å²) in [4.78, 5) is 29.2. The van der Waals surface area contributed by atoms with E-state index in [0.29, 0.717) is 30.6 Å². The van der Waals surface area contributed by atoms with Gasteiger partial charge in [-0.1, -0.05) is 11.6 Å². The summed E-state index contributed by atoms with van der Waals surface area (Å²) in [6, 6.07) is 9.31. The number of pyridine rings is 1. The topological polar surface area (TPSA) is 115 Å². The van der Waals surface area contributed by atoms with Crippen LogP contribution in [-0.4, -0.2) is 46.8 Å². The number of carboxylic acids is 1. The molecule has 0 aliphatic carbocycles. The molecule has 1 aromatic carbocycles. The zero-order valence-electron chi connectivity index (χ0n) is 17.7. The number of aromatic nitrogens is 5. The van der Waals surface area contributed by atoms with Gasteiger partial charge in [-0.2, -0.15) is 0 Å². The molecule has 5 rings (SSSR count). The van der Waals surface area contributed by atoms with Gasteiger partial charge >= 0.3 is 5.97 Å². The van der Waals surface area contributed by atoms with E-state index < -0.39 is 11.5 Å². The molecule has 1 atom stereocenters. The highest BCUT2D eigenvalue weighted by Crippen LogP contribution is 2.34. The molecular formula is C23H22N6O3. The van der Waals surface area contributed by atoms with E-state index in [1.807, 2.05) is 36.6 Å². The van der Waals surface area contributed by atoms with E-state index in [9.17, 15) is 14.7 Å². The highest BCUT2D eigenvalue weighted by atomic mass is 16.4. The molecule has 3 aromatic heterocycles. The van der Waals surface area contributed by atoms with Crippen molar-refractivity contribution in [3.8, 4) is 5.69 Å². The lowest BCUT2D eigenvalue weighted by Gasteiger charge is -2.36. The summed E-state index contributed by atoms with van der Waals surface area (Å²) in [5.41, 5.74) is 3.60. The quantitative estimate of drug-likeness (QED) is 0.514. The number of aryl methyl sites for hydroxylation is 1. The van der Waals surface area contributed by atoms with Crippen LogP contribution in [-0.2, 0) is 13.0 Å². The first-order valence-corrected chi connectivity index (χ1v) is 10.3. The van der Waals surface area contributed by atoms with E-state index in [0.717, 1.165) is 27.8 Å². The summed E-state index contributed by atoms with van der Waals surface area (Å²) in [5.74, 6) is -1.18. The minimum absolute atomic E-state index is 0.267. The maximum Gasteiger partial charge on any atom is 0.338 e. The van der Waals surface area contributed by atoms with Crippen molar-refractivity contribution in [2.75, 3.05) is 0 Å². The second-order valence-electron chi connectivity index (χ2n) is 8.52. The van der Waals surface area contributed by atoms with Crippen LogP contribution in [0.25, 0.3) is 16.6 Å². The Morgan fingerprint density at radius 3 is 2.62 bits per heavy atom. The highest BCUT2D eigenvalue weighted by Gasteiger charge is 2.35. The average molecular weight is 430 g/mol. The van der Waals surface area contributed by atoms with Crippen molar-refractivity contribution >= 4 is 22.8 Å². The normalized spacial score (nSPS) is 17.8. The predicted octanol–water partition coefficient (Wildman–Crippen LogP) is 2.76. The van der Waals surface area contributed by atoms with Crippen molar-refractivity contribution in [1.82, 2.24) is 29.6 Å². The number of rotatable bonds is 4. The molecule has 0 saturated heterocycles. The number of amides is 1. The Bertz CT molecular complexity index is 1340. The molecule has 9 nitrogen and oxygen atoms in total. The molecule has 32 heavy (non-hydrogen) atoms. The lowest BCUT2D eigenvalue weighted by atomic mass is 9.90. The summed E-state index contributed by atoms with van der Waals surface area (Å²) in [7, 11) is 0. The van der Waals surface area contributed by atoms with Gasteiger partial charge < -0.3 is 15.0 Å². The third-order valence-corrected chi connectivity index (χ3v) is 6.07. The molecule has 0 saturated carbocycles. The Morgan fingerprint density at radius 2 is 1.94 bits per heavy atom. The van der Waals surface area contributed by atoms with E-state index in [2.05, 4.69) is 20.5 Å². The Balaban J connectivity index is 1.42. The molecule has 4 heterocycles. The second-order valence-corrected chi connectivity index (χ2v) is 8.52. The van der Waals surface area contributed by atoms with Crippen LogP contribution in [0.5, 0.6) is 0 Å².